The summed E-state index contributed by atoms with van der Waals surface area (Å²) in [6, 6.07) is -0.631. The summed E-state index contributed by atoms with van der Waals surface area (Å²) < 4.78 is 5.02. The molecular formula is C8H19N3O3. The molecule has 0 spiro atoms. The lowest BCUT2D eigenvalue weighted by atomic mass is 10.3. The number of nitrogens with two attached hydrogens (primary N) is 2. The molecule has 0 bridgehead atoms. The van der Waals surface area contributed by atoms with Crippen molar-refractivity contribution in [2.75, 3.05) is 32.9 Å². The number of primary amides is 1. The maximum atomic E-state index is 10.5. The first kappa shape index (κ1) is 13.3. The fourth-order valence-electron chi connectivity index (χ4n) is 0.824. The van der Waals surface area contributed by atoms with E-state index in [2.05, 4.69) is 5.32 Å². The lowest BCUT2D eigenvalue weighted by Crippen LogP contribution is -2.44. The summed E-state index contributed by atoms with van der Waals surface area (Å²) in [5.41, 5.74) is 10.3. The molecule has 14 heavy (non-hydrogen) atoms. The molecule has 6 nitrogen and oxygen atoms in total. The second-order valence-electron chi connectivity index (χ2n) is 2.90. The number of carbonyl (C=O) groups excluding carboxylic acids is 1. The number of aliphatic hydroxyl groups excluding tert-OH is 1. The number of hydrogen-bond donors (Lipinski definition) is 4. The van der Waals surface area contributed by atoms with E-state index in [4.69, 9.17) is 21.3 Å². The van der Waals surface area contributed by atoms with Gasteiger partial charge in [0.1, 0.15) is 0 Å². The quantitative estimate of drug-likeness (QED) is 0.319. The maximum Gasteiger partial charge on any atom is 0.235 e. The van der Waals surface area contributed by atoms with E-state index in [1.807, 2.05) is 0 Å². The molecule has 0 aliphatic rings. The Morgan fingerprint density at radius 3 is 2.79 bits per heavy atom. The Hall–Kier alpha value is -0.690. The molecule has 0 aromatic carbocycles. The van der Waals surface area contributed by atoms with Crippen LogP contribution in [0, 0.1) is 0 Å². The Bertz CT molecular complexity index is 155. The van der Waals surface area contributed by atoms with E-state index in [0.29, 0.717) is 26.3 Å². The van der Waals surface area contributed by atoms with Crippen molar-refractivity contribution in [2.45, 2.75) is 12.5 Å². The summed E-state index contributed by atoms with van der Waals surface area (Å²) >= 11 is 0. The van der Waals surface area contributed by atoms with Crippen LogP contribution in [0.1, 0.15) is 6.42 Å². The zero-order valence-electron chi connectivity index (χ0n) is 8.24. The van der Waals surface area contributed by atoms with Gasteiger partial charge in [-0.3, -0.25) is 4.79 Å². The largest absolute Gasteiger partial charge is 0.394 e. The van der Waals surface area contributed by atoms with Crippen molar-refractivity contribution in [3.8, 4) is 0 Å². The minimum atomic E-state index is -0.631. The van der Waals surface area contributed by atoms with Crippen molar-refractivity contribution < 1.29 is 14.6 Å². The molecule has 1 unspecified atom stereocenters. The number of nitrogens with one attached hydrogen (secondary N) is 1. The molecule has 6 heteroatoms. The second kappa shape index (κ2) is 8.89. The van der Waals surface area contributed by atoms with Crippen LogP contribution in [0.5, 0.6) is 0 Å². The van der Waals surface area contributed by atoms with Gasteiger partial charge < -0.3 is 26.6 Å². The number of aliphatic hydroxyl groups is 1. The smallest absolute Gasteiger partial charge is 0.235 e. The van der Waals surface area contributed by atoms with Crippen LogP contribution >= 0.6 is 0 Å². The molecular weight excluding hydrogens is 186 g/mol. The van der Waals surface area contributed by atoms with Gasteiger partial charge in [-0.05, 0) is 13.0 Å². The van der Waals surface area contributed by atoms with Gasteiger partial charge in [-0.1, -0.05) is 0 Å². The number of carbonyl (C=O) groups is 1. The van der Waals surface area contributed by atoms with Gasteiger partial charge >= 0.3 is 0 Å². The molecule has 0 fully saturated rings. The predicted molar refractivity (Wildman–Crippen MR) is 52.6 cm³/mol. The molecule has 0 saturated heterocycles. The summed E-state index contributed by atoms with van der Waals surface area (Å²) in [7, 11) is 0. The Labute approximate surface area is 83.6 Å². The van der Waals surface area contributed by atoms with Gasteiger partial charge in [0, 0.05) is 13.2 Å². The van der Waals surface area contributed by atoms with Gasteiger partial charge in [0.25, 0.3) is 0 Å². The van der Waals surface area contributed by atoms with E-state index in [1.54, 1.807) is 0 Å². The average molecular weight is 205 g/mol. The molecule has 84 valence electrons. The third-order valence-electron chi connectivity index (χ3n) is 1.61. The highest BCUT2D eigenvalue weighted by atomic mass is 16.5. The fourth-order valence-corrected chi connectivity index (χ4v) is 0.824. The number of hydrogen-bond acceptors (Lipinski definition) is 5. The lowest BCUT2D eigenvalue weighted by Gasteiger charge is -2.08. The van der Waals surface area contributed by atoms with E-state index >= 15 is 0 Å². The van der Waals surface area contributed by atoms with Gasteiger partial charge in [0.15, 0.2) is 0 Å². The van der Waals surface area contributed by atoms with Crippen LogP contribution < -0.4 is 16.8 Å². The molecule has 0 radical (unpaired) electrons. The Morgan fingerprint density at radius 2 is 2.21 bits per heavy atom. The number of rotatable bonds is 9. The second-order valence-corrected chi connectivity index (χ2v) is 2.90. The van der Waals surface area contributed by atoms with Crippen LogP contribution in [0.25, 0.3) is 0 Å². The van der Waals surface area contributed by atoms with Crippen molar-refractivity contribution in [3.63, 3.8) is 0 Å². The van der Waals surface area contributed by atoms with Gasteiger partial charge in [0.05, 0.1) is 19.3 Å². The highest BCUT2D eigenvalue weighted by molar-refractivity contribution is 5.79. The van der Waals surface area contributed by atoms with E-state index < -0.39 is 11.9 Å². The molecule has 0 rings (SSSR count). The molecule has 0 aromatic rings. The molecule has 6 N–H and O–H groups in total. The number of amides is 1. The SMILES string of the molecule is NC(=O)C(N)CNCCCOCCO. The molecule has 0 heterocycles. The first-order valence-electron chi connectivity index (χ1n) is 4.62. The summed E-state index contributed by atoms with van der Waals surface area (Å²) in [5, 5.41) is 11.4. The highest BCUT2D eigenvalue weighted by Crippen LogP contribution is 1.81. The summed E-state index contributed by atoms with van der Waals surface area (Å²) in [6.07, 6.45) is 0.811. The molecule has 0 aliphatic heterocycles. The van der Waals surface area contributed by atoms with Crippen molar-refractivity contribution in [2.24, 2.45) is 11.5 Å². The van der Waals surface area contributed by atoms with Crippen LogP contribution in [0.4, 0.5) is 0 Å². The molecule has 0 aromatic heterocycles. The van der Waals surface area contributed by atoms with E-state index in [-0.39, 0.29) is 6.61 Å². The van der Waals surface area contributed by atoms with Crippen LogP contribution in [0.15, 0.2) is 0 Å². The Morgan fingerprint density at radius 1 is 1.50 bits per heavy atom. The topological polar surface area (TPSA) is 111 Å². The number of ether oxygens (including phenoxy) is 1. The van der Waals surface area contributed by atoms with Crippen LogP contribution in [-0.4, -0.2) is 50.0 Å². The third-order valence-corrected chi connectivity index (χ3v) is 1.61. The Kier molecular flexibility index (Phi) is 8.45. The standard InChI is InChI=1S/C8H19N3O3/c9-7(8(10)13)6-11-2-1-4-14-5-3-12/h7,11-12H,1-6,9H2,(H2,10,13). The summed E-state index contributed by atoms with van der Waals surface area (Å²) in [4.78, 5) is 10.5. The van der Waals surface area contributed by atoms with E-state index in [1.165, 1.54) is 0 Å². The first-order valence-corrected chi connectivity index (χ1v) is 4.62. The van der Waals surface area contributed by atoms with Gasteiger partial charge in [0.2, 0.25) is 5.91 Å². The van der Waals surface area contributed by atoms with Gasteiger partial charge in [-0.2, -0.15) is 0 Å². The average Bonchev–Trinajstić information content (AvgIpc) is 2.16. The van der Waals surface area contributed by atoms with Gasteiger partial charge in [-0.15, -0.1) is 0 Å². The minimum absolute atomic E-state index is 0.0416. The monoisotopic (exact) mass is 205 g/mol. The highest BCUT2D eigenvalue weighted by Gasteiger charge is 2.06. The first-order chi connectivity index (χ1) is 6.68. The minimum Gasteiger partial charge on any atom is -0.394 e. The zero-order valence-corrected chi connectivity index (χ0v) is 8.24. The summed E-state index contributed by atoms with van der Waals surface area (Å²) in [6.45, 7) is 2.09. The molecule has 1 atom stereocenters. The summed E-state index contributed by atoms with van der Waals surface area (Å²) in [5.74, 6) is -0.506. The van der Waals surface area contributed by atoms with Crippen molar-refractivity contribution in [3.05, 3.63) is 0 Å². The molecule has 0 aliphatic carbocycles. The third kappa shape index (κ3) is 7.93. The van der Waals surface area contributed by atoms with Crippen LogP contribution in [0.2, 0.25) is 0 Å². The van der Waals surface area contributed by atoms with E-state index in [9.17, 15) is 4.79 Å². The normalized spacial score (nSPS) is 12.7. The van der Waals surface area contributed by atoms with Crippen molar-refractivity contribution >= 4 is 5.91 Å². The van der Waals surface area contributed by atoms with E-state index in [0.717, 1.165) is 6.42 Å². The predicted octanol–water partition coefficient (Wildman–Crippen LogP) is -2.21. The maximum absolute atomic E-state index is 10.5. The van der Waals surface area contributed by atoms with Crippen molar-refractivity contribution in [1.29, 1.82) is 0 Å². The van der Waals surface area contributed by atoms with Gasteiger partial charge in [-0.25, -0.2) is 0 Å². The molecule has 1 amide bonds. The fraction of sp³-hybridized carbons (Fsp3) is 0.875. The Balaban J connectivity index is 3.09. The molecule has 0 saturated carbocycles. The van der Waals surface area contributed by atoms with Crippen LogP contribution in [0.3, 0.4) is 0 Å². The zero-order chi connectivity index (χ0) is 10.8. The lowest BCUT2D eigenvalue weighted by molar-refractivity contribution is -0.119. The van der Waals surface area contributed by atoms with Crippen LogP contribution in [-0.2, 0) is 9.53 Å². The van der Waals surface area contributed by atoms with Crippen molar-refractivity contribution in [1.82, 2.24) is 5.32 Å².